The lowest BCUT2D eigenvalue weighted by Crippen LogP contribution is -2.39. The molecule has 0 aromatic carbocycles. The Morgan fingerprint density at radius 1 is 1.22 bits per heavy atom. The van der Waals surface area contributed by atoms with Gasteiger partial charge in [-0.15, -0.1) is 0 Å². The van der Waals surface area contributed by atoms with E-state index >= 15 is 0 Å². The molecule has 3 aromatic rings. The Labute approximate surface area is 181 Å². The maximum Gasteiger partial charge on any atom is 0.417 e. The highest BCUT2D eigenvalue weighted by Gasteiger charge is 2.31. The van der Waals surface area contributed by atoms with Crippen molar-refractivity contribution in [2.24, 2.45) is 0 Å². The van der Waals surface area contributed by atoms with E-state index in [9.17, 15) is 22.4 Å². The third kappa shape index (κ3) is 6.87. The second-order valence-corrected chi connectivity index (χ2v) is 7.66. The van der Waals surface area contributed by atoms with Gasteiger partial charge in [0.15, 0.2) is 17.5 Å². The number of pyridine rings is 1. The van der Waals surface area contributed by atoms with Crippen LogP contribution in [-0.2, 0) is 15.7 Å². The van der Waals surface area contributed by atoms with Gasteiger partial charge in [-0.3, -0.25) is 4.79 Å². The number of nitrogen functional groups attached to an aromatic ring is 1. The van der Waals surface area contributed by atoms with Gasteiger partial charge in [-0.1, -0.05) is 0 Å². The summed E-state index contributed by atoms with van der Waals surface area (Å²) in [6.07, 6.45) is -1.54. The van der Waals surface area contributed by atoms with Crippen LogP contribution in [0, 0.1) is 5.82 Å². The molecule has 0 saturated heterocycles. The van der Waals surface area contributed by atoms with Gasteiger partial charge in [-0.05, 0) is 33.8 Å². The lowest BCUT2D eigenvalue weighted by molar-refractivity contribution is -0.142. The zero-order valence-electron chi connectivity index (χ0n) is 18.0. The molecule has 3 rings (SSSR count). The zero-order chi connectivity index (χ0) is 24.1. The highest BCUT2D eigenvalue weighted by molar-refractivity contribution is 5.92. The number of alkyl halides is 3. The minimum Gasteiger partial charge on any atom is -0.465 e. The Morgan fingerprint density at radius 2 is 1.91 bits per heavy atom. The van der Waals surface area contributed by atoms with E-state index in [1.165, 1.54) is 6.20 Å². The number of aromatic amines is 1. The standard InChI is InChI=1S/C12H7F4N5.C8H17NO2/c13-8-4-20-11(21-9(8)17)7-3-19-10-6(7)1-5(2-18-10)12(14,15)16;1-5-11-7(10)6-9-8(2,3)4/h1-4H,(H,18,19)(H2,17,20,21);9H,5-6H2,1-4H3. The van der Waals surface area contributed by atoms with Crippen molar-refractivity contribution in [1.29, 1.82) is 0 Å². The Hall–Kier alpha value is -3.28. The van der Waals surface area contributed by atoms with Gasteiger partial charge >= 0.3 is 12.1 Å². The number of nitrogens with zero attached hydrogens (tertiary/aromatic N) is 3. The number of anilines is 1. The third-order valence-corrected chi connectivity index (χ3v) is 3.94. The topological polar surface area (TPSA) is 119 Å². The minimum atomic E-state index is -4.52. The predicted octanol–water partition coefficient (Wildman–Crippen LogP) is 3.70. The van der Waals surface area contributed by atoms with E-state index in [2.05, 4.69) is 25.3 Å². The fraction of sp³-hybridized carbons (Fsp3) is 0.400. The Bertz CT molecular complexity index is 1080. The Morgan fingerprint density at radius 3 is 2.47 bits per heavy atom. The number of carbonyl (C=O) groups excluding carboxylic acids is 1. The third-order valence-electron chi connectivity index (χ3n) is 3.94. The highest BCUT2D eigenvalue weighted by Crippen LogP contribution is 2.33. The summed E-state index contributed by atoms with van der Waals surface area (Å²) in [6.45, 7) is 8.56. The predicted molar refractivity (Wildman–Crippen MR) is 111 cm³/mol. The molecule has 0 unspecified atom stereocenters. The molecule has 0 aliphatic heterocycles. The summed E-state index contributed by atoms with van der Waals surface area (Å²) in [6, 6.07) is 0.928. The molecule has 0 aliphatic rings. The van der Waals surface area contributed by atoms with Gasteiger partial charge in [0, 0.05) is 28.9 Å². The lowest BCUT2D eigenvalue weighted by atomic mass is 10.1. The van der Waals surface area contributed by atoms with E-state index < -0.39 is 17.6 Å². The molecule has 32 heavy (non-hydrogen) atoms. The smallest absolute Gasteiger partial charge is 0.417 e. The van der Waals surface area contributed by atoms with Crippen LogP contribution in [0.5, 0.6) is 0 Å². The molecular formula is C20H24F4N6O2. The molecule has 0 bridgehead atoms. The lowest BCUT2D eigenvalue weighted by Gasteiger charge is -2.19. The fourth-order valence-electron chi connectivity index (χ4n) is 2.40. The van der Waals surface area contributed by atoms with E-state index in [1.54, 1.807) is 6.92 Å². The Kier molecular flexibility index (Phi) is 7.73. The first-order valence-electron chi connectivity index (χ1n) is 9.55. The van der Waals surface area contributed by atoms with Crippen LogP contribution in [0.3, 0.4) is 0 Å². The number of aromatic nitrogens is 4. The number of halogens is 4. The summed E-state index contributed by atoms with van der Waals surface area (Å²) in [5, 5.41) is 3.21. The van der Waals surface area contributed by atoms with Crippen molar-refractivity contribution in [2.75, 3.05) is 18.9 Å². The van der Waals surface area contributed by atoms with E-state index in [0.29, 0.717) is 6.61 Å². The molecule has 0 amide bonds. The summed E-state index contributed by atoms with van der Waals surface area (Å²) in [5.74, 6) is -1.36. The first-order chi connectivity index (χ1) is 14.8. The van der Waals surface area contributed by atoms with E-state index in [4.69, 9.17) is 10.5 Å². The molecule has 0 spiro atoms. The number of hydrogen-bond acceptors (Lipinski definition) is 7. The van der Waals surface area contributed by atoms with Crippen LogP contribution in [0.4, 0.5) is 23.4 Å². The number of nitrogens with one attached hydrogen (secondary N) is 2. The monoisotopic (exact) mass is 456 g/mol. The summed E-state index contributed by atoms with van der Waals surface area (Å²) >= 11 is 0. The van der Waals surface area contributed by atoms with Gasteiger partial charge in [0.1, 0.15) is 5.65 Å². The number of rotatable bonds is 4. The molecule has 0 atom stereocenters. The van der Waals surface area contributed by atoms with Crippen molar-refractivity contribution in [2.45, 2.75) is 39.4 Å². The molecule has 3 aromatic heterocycles. The van der Waals surface area contributed by atoms with Gasteiger partial charge in [0.2, 0.25) is 0 Å². The second kappa shape index (κ2) is 9.90. The summed E-state index contributed by atoms with van der Waals surface area (Å²) in [5.41, 5.74) is 4.92. The summed E-state index contributed by atoms with van der Waals surface area (Å²) in [7, 11) is 0. The molecule has 12 heteroatoms. The van der Waals surface area contributed by atoms with E-state index in [0.717, 1.165) is 18.5 Å². The van der Waals surface area contributed by atoms with Gasteiger partial charge in [-0.25, -0.2) is 19.3 Å². The molecule has 3 heterocycles. The number of hydrogen-bond donors (Lipinski definition) is 3. The molecule has 8 nitrogen and oxygen atoms in total. The number of ether oxygens (including phenoxy) is 1. The number of esters is 1. The SMILES string of the molecule is CCOC(=O)CNC(C)(C)C.Nc1nc(-c2c[nH]c3ncc(C(F)(F)F)cc23)ncc1F. The largest absolute Gasteiger partial charge is 0.465 e. The van der Waals surface area contributed by atoms with Gasteiger partial charge in [-0.2, -0.15) is 13.2 Å². The van der Waals surface area contributed by atoms with Crippen molar-refractivity contribution >= 4 is 22.8 Å². The second-order valence-electron chi connectivity index (χ2n) is 7.66. The van der Waals surface area contributed by atoms with Crippen LogP contribution in [0.2, 0.25) is 0 Å². The molecule has 0 fully saturated rings. The quantitative estimate of drug-likeness (QED) is 0.405. The maximum atomic E-state index is 13.1. The van der Waals surface area contributed by atoms with Crippen LogP contribution in [0.1, 0.15) is 33.3 Å². The molecule has 174 valence electrons. The molecule has 0 aliphatic carbocycles. The van der Waals surface area contributed by atoms with Crippen LogP contribution in [0.15, 0.2) is 24.7 Å². The average Bonchev–Trinajstić information content (AvgIpc) is 3.11. The van der Waals surface area contributed by atoms with Gasteiger partial charge < -0.3 is 20.8 Å². The molecule has 0 radical (unpaired) electrons. The van der Waals surface area contributed by atoms with E-state index in [1.807, 2.05) is 20.8 Å². The number of H-pyrrole nitrogens is 1. The minimum absolute atomic E-state index is 0.0151. The van der Waals surface area contributed by atoms with Crippen molar-refractivity contribution in [3.05, 3.63) is 36.0 Å². The first-order valence-corrected chi connectivity index (χ1v) is 9.55. The van der Waals surface area contributed by atoms with Crippen molar-refractivity contribution < 1.29 is 27.1 Å². The zero-order valence-corrected chi connectivity index (χ0v) is 18.0. The highest BCUT2D eigenvalue weighted by atomic mass is 19.4. The van der Waals surface area contributed by atoms with Gasteiger partial charge in [0.05, 0.1) is 24.9 Å². The number of fused-ring (bicyclic) bond motifs is 1. The van der Waals surface area contributed by atoms with Crippen LogP contribution in [-0.4, -0.2) is 44.6 Å². The van der Waals surface area contributed by atoms with Crippen molar-refractivity contribution in [1.82, 2.24) is 25.3 Å². The van der Waals surface area contributed by atoms with Crippen molar-refractivity contribution in [3.63, 3.8) is 0 Å². The molecule has 0 saturated carbocycles. The van der Waals surface area contributed by atoms with E-state index in [-0.39, 0.29) is 46.3 Å². The average molecular weight is 456 g/mol. The number of nitrogens with two attached hydrogens (primary N) is 1. The fourth-order valence-corrected chi connectivity index (χ4v) is 2.40. The molecule has 4 N–H and O–H groups in total. The van der Waals surface area contributed by atoms with Crippen molar-refractivity contribution in [3.8, 4) is 11.4 Å². The van der Waals surface area contributed by atoms with Crippen LogP contribution in [0.25, 0.3) is 22.4 Å². The summed E-state index contributed by atoms with van der Waals surface area (Å²) in [4.78, 5) is 24.7. The first kappa shape index (κ1) is 25.0. The normalized spacial score (nSPS) is 11.8. The summed E-state index contributed by atoms with van der Waals surface area (Å²) < 4.78 is 56.0. The maximum absolute atomic E-state index is 13.1. The number of carbonyl (C=O) groups is 1. The van der Waals surface area contributed by atoms with Crippen LogP contribution < -0.4 is 11.1 Å². The van der Waals surface area contributed by atoms with Gasteiger partial charge in [0.25, 0.3) is 0 Å². The Balaban J connectivity index is 0.000000282. The van der Waals surface area contributed by atoms with Crippen LogP contribution >= 0.6 is 0 Å². The molecular weight excluding hydrogens is 432 g/mol.